The number of rotatable bonds is 4. The van der Waals surface area contributed by atoms with Crippen molar-refractivity contribution in [2.24, 2.45) is 5.92 Å². The third-order valence-corrected chi connectivity index (χ3v) is 8.25. The molecule has 0 bridgehead atoms. The van der Waals surface area contributed by atoms with Gasteiger partial charge in [-0.2, -0.15) is 4.52 Å². The second-order valence-electron chi connectivity index (χ2n) is 10.2. The Bertz CT molecular complexity index is 1300. The van der Waals surface area contributed by atoms with E-state index in [0.29, 0.717) is 6.61 Å². The van der Waals surface area contributed by atoms with Gasteiger partial charge in [0.2, 0.25) is 0 Å². The van der Waals surface area contributed by atoms with Crippen LogP contribution < -0.4 is 0 Å². The minimum Gasteiger partial charge on any atom is -0.370 e. The second-order valence-corrected chi connectivity index (χ2v) is 11.3. The number of nitrogens with zero attached hydrogens (tertiary/aromatic N) is 5. The Morgan fingerprint density at radius 1 is 1.12 bits per heavy atom. The summed E-state index contributed by atoms with van der Waals surface area (Å²) in [5.74, 6) is 2.57. The Labute approximate surface area is 198 Å². The highest BCUT2D eigenvalue weighted by Gasteiger charge is 2.31. The average molecular weight is 462 g/mol. The van der Waals surface area contributed by atoms with Crippen molar-refractivity contribution in [1.29, 1.82) is 0 Å². The molecule has 1 saturated heterocycles. The highest BCUT2D eigenvalue weighted by Crippen LogP contribution is 2.39. The maximum absolute atomic E-state index is 6.05. The number of ether oxygens (including phenoxy) is 1. The molecular weight excluding hydrogens is 430 g/mol. The number of hydrogen-bond donors (Lipinski definition) is 0. The molecule has 0 saturated carbocycles. The number of likely N-dealkylation sites (tertiary alicyclic amines) is 1. The van der Waals surface area contributed by atoms with Crippen LogP contribution in [0.3, 0.4) is 0 Å². The first-order valence-electron chi connectivity index (χ1n) is 12.0. The highest BCUT2D eigenvalue weighted by atomic mass is 32.1. The predicted molar refractivity (Wildman–Crippen MR) is 132 cm³/mol. The van der Waals surface area contributed by atoms with E-state index in [1.165, 1.54) is 40.7 Å². The van der Waals surface area contributed by atoms with E-state index in [9.17, 15) is 0 Å². The summed E-state index contributed by atoms with van der Waals surface area (Å²) >= 11 is 1.75. The normalized spacial score (nSPS) is 19.4. The molecule has 0 radical (unpaired) electrons. The molecule has 0 aliphatic carbocycles. The Kier molecular flexibility index (Phi) is 5.24. The van der Waals surface area contributed by atoms with Gasteiger partial charge in [-0.1, -0.05) is 30.3 Å². The Balaban J connectivity index is 1.22. The van der Waals surface area contributed by atoms with Crippen LogP contribution in [0.4, 0.5) is 0 Å². The van der Waals surface area contributed by atoms with Crippen LogP contribution in [-0.2, 0) is 30.7 Å². The van der Waals surface area contributed by atoms with Gasteiger partial charge in [0.1, 0.15) is 10.7 Å². The van der Waals surface area contributed by atoms with E-state index in [2.05, 4.69) is 49.1 Å². The Morgan fingerprint density at radius 3 is 2.70 bits per heavy atom. The summed E-state index contributed by atoms with van der Waals surface area (Å²) in [6.45, 7) is 10.0. The van der Waals surface area contributed by atoms with Gasteiger partial charge in [-0.15, -0.1) is 16.4 Å². The third kappa shape index (κ3) is 4.07. The number of piperidine rings is 1. The maximum Gasteiger partial charge on any atom is 0.168 e. The van der Waals surface area contributed by atoms with Crippen LogP contribution in [0.5, 0.6) is 0 Å². The Hall–Kier alpha value is -2.35. The molecule has 5 heterocycles. The molecule has 172 valence electrons. The number of hydrogen-bond acceptors (Lipinski definition) is 6. The van der Waals surface area contributed by atoms with E-state index in [-0.39, 0.29) is 5.60 Å². The van der Waals surface area contributed by atoms with Gasteiger partial charge in [0.05, 0.1) is 24.1 Å². The SMILES string of the molecule is Cc1nc2sc3c(c2c2nc(CN4CCC(Cc5ccccc5)CC4)nn12)CC(C)(C)OC3. The zero-order valence-corrected chi connectivity index (χ0v) is 20.5. The summed E-state index contributed by atoms with van der Waals surface area (Å²) in [5, 5.41) is 6.06. The van der Waals surface area contributed by atoms with E-state index < -0.39 is 0 Å². The summed E-state index contributed by atoms with van der Waals surface area (Å²) in [4.78, 5) is 14.8. The smallest absolute Gasteiger partial charge is 0.168 e. The van der Waals surface area contributed by atoms with E-state index in [0.717, 1.165) is 54.1 Å². The lowest BCUT2D eigenvalue weighted by Gasteiger charge is -2.31. The van der Waals surface area contributed by atoms with Gasteiger partial charge in [0.15, 0.2) is 11.5 Å². The van der Waals surface area contributed by atoms with Crippen molar-refractivity contribution in [3.8, 4) is 0 Å². The monoisotopic (exact) mass is 461 g/mol. The van der Waals surface area contributed by atoms with Crippen molar-refractivity contribution >= 4 is 27.2 Å². The van der Waals surface area contributed by atoms with Crippen molar-refractivity contribution in [3.63, 3.8) is 0 Å². The standard InChI is InChI=1S/C26H31N5OS/c1-17-27-25-23(20-14-26(2,3)32-16-21(20)33-25)24-28-22(29-31(17)24)15-30-11-9-19(10-12-30)13-18-7-5-4-6-8-18/h4-8,19H,9-16H2,1-3H3. The molecule has 2 aliphatic heterocycles. The number of aryl methyl sites for hydroxylation is 1. The zero-order chi connectivity index (χ0) is 22.6. The lowest BCUT2D eigenvalue weighted by Crippen LogP contribution is -2.34. The van der Waals surface area contributed by atoms with E-state index in [1.54, 1.807) is 11.3 Å². The highest BCUT2D eigenvalue weighted by molar-refractivity contribution is 7.19. The van der Waals surface area contributed by atoms with Crippen LogP contribution in [0, 0.1) is 12.8 Å². The molecule has 33 heavy (non-hydrogen) atoms. The van der Waals surface area contributed by atoms with Gasteiger partial charge >= 0.3 is 0 Å². The summed E-state index contributed by atoms with van der Waals surface area (Å²) in [6.07, 6.45) is 4.55. The van der Waals surface area contributed by atoms with Gasteiger partial charge in [0, 0.05) is 11.3 Å². The van der Waals surface area contributed by atoms with Crippen LogP contribution in [0.2, 0.25) is 0 Å². The molecule has 1 fully saturated rings. The summed E-state index contributed by atoms with van der Waals surface area (Å²) in [6, 6.07) is 10.9. The number of benzene rings is 1. The first kappa shape index (κ1) is 21.2. The fraction of sp³-hybridized carbons (Fsp3) is 0.500. The first-order chi connectivity index (χ1) is 15.9. The predicted octanol–water partition coefficient (Wildman–Crippen LogP) is 4.95. The van der Waals surface area contributed by atoms with Gasteiger partial charge in [-0.05, 0) is 70.2 Å². The quantitative estimate of drug-likeness (QED) is 0.430. The van der Waals surface area contributed by atoms with E-state index >= 15 is 0 Å². The van der Waals surface area contributed by atoms with Gasteiger partial charge in [-0.25, -0.2) is 9.97 Å². The van der Waals surface area contributed by atoms with Crippen LogP contribution in [0.25, 0.3) is 15.9 Å². The molecule has 4 aromatic rings. The molecule has 7 heteroatoms. The van der Waals surface area contributed by atoms with Crippen molar-refractivity contribution in [2.45, 2.75) is 65.2 Å². The van der Waals surface area contributed by atoms with Gasteiger partial charge in [-0.3, -0.25) is 4.90 Å². The van der Waals surface area contributed by atoms with Crippen molar-refractivity contribution in [1.82, 2.24) is 24.5 Å². The molecule has 0 amide bonds. The minimum atomic E-state index is -0.157. The maximum atomic E-state index is 6.05. The molecule has 2 aliphatic rings. The zero-order valence-electron chi connectivity index (χ0n) is 19.7. The van der Waals surface area contributed by atoms with Gasteiger partial charge in [0.25, 0.3) is 0 Å². The van der Waals surface area contributed by atoms with Crippen LogP contribution in [0.15, 0.2) is 30.3 Å². The van der Waals surface area contributed by atoms with Crippen molar-refractivity contribution in [3.05, 3.63) is 58.0 Å². The lowest BCUT2D eigenvalue weighted by molar-refractivity contribution is -0.0379. The number of fused-ring (bicyclic) bond motifs is 5. The molecule has 0 unspecified atom stereocenters. The molecule has 1 aromatic carbocycles. The number of thiophene rings is 1. The van der Waals surface area contributed by atoms with Crippen molar-refractivity contribution in [2.75, 3.05) is 13.1 Å². The number of aromatic nitrogens is 4. The molecule has 0 spiro atoms. The molecule has 6 rings (SSSR count). The fourth-order valence-corrected chi connectivity index (χ4v) is 6.49. The third-order valence-electron chi connectivity index (χ3n) is 7.15. The topological polar surface area (TPSA) is 55.6 Å². The Morgan fingerprint density at radius 2 is 1.91 bits per heavy atom. The molecule has 6 nitrogen and oxygen atoms in total. The van der Waals surface area contributed by atoms with Crippen LogP contribution >= 0.6 is 11.3 Å². The second kappa shape index (κ2) is 8.15. The molecular formula is C26H31N5OS. The summed E-state index contributed by atoms with van der Waals surface area (Å²) < 4.78 is 8.00. The largest absolute Gasteiger partial charge is 0.370 e. The van der Waals surface area contributed by atoms with Crippen LogP contribution in [-0.4, -0.2) is 43.2 Å². The molecule has 3 aromatic heterocycles. The summed E-state index contributed by atoms with van der Waals surface area (Å²) in [7, 11) is 0. The fourth-order valence-electron chi connectivity index (χ4n) is 5.35. The first-order valence-corrected chi connectivity index (χ1v) is 12.8. The van der Waals surface area contributed by atoms with Crippen molar-refractivity contribution < 1.29 is 4.74 Å². The average Bonchev–Trinajstić information content (AvgIpc) is 3.36. The molecule has 0 atom stereocenters. The van der Waals surface area contributed by atoms with E-state index in [1.807, 2.05) is 11.4 Å². The lowest BCUT2D eigenvalue weighted by atomic mass is 9.90. The summed E-state index contributed by atoms with van der Waals surface area (Å²) in [5.41, 5.74) is 3.61. The van der Waals surface area contributed by atoms with Crippen LogP contribution in [0.1, 0.15) is 54.3 Å². The van der Waals surface area contributed by atoms with Gasteiger partial charge < -0.3 is 4.74 Å². The molecule has 0 N–H and O–H groups in total. The van der Waals surface area contributed by atoms with E-state index in [4.69, 9.17) is 19.8 Å². The minimum absolute atomic E-state index is 0.157.